The van der Waals surface area contributed by atoms with Crippen molar-refractivity contribution in [1.82, 2.24) is 9.80 Å². The normalized spacial score (nSPS) is 13.9. The number of amides is 2. The minimum atomic E-state index is -0.293. The van der Waals surface area contributed by atoms with Crippen molar-refractivity contribution in [3.8, 4) is 0 Å². The Morgan fingerprint density at radius 2 is 1.83 bits per heavy atom. The van der Waals surface area contributed by atoms with Gasteiger partial charge in [-0.05, 0) is 47.9 Å². The third-order valence-electron chi connectivity index (χ3n) is 5.24. The fourth-order valence-corrected chi connectivity index (χ4v) is 4.20. The maximum Gasteiger partial charge on any atom is 0.242 e. The molecule has 1 aliphatic carbocycles. The van der Waals surface area contributed by atoms with Gasteiger partial charge in [0.2, 0.25) is 11.8 Å². The van der Waals surface area contributed by atoms with Gasteiger partial charge in [0.1, 0.15) is 5.82 Å². The van der Waals surface area contributed by atoms with E-state index in [4.69, 9.17) is 0 Å². The summed E-state index contributed by atoms with van der Waals surface area (Å²) < 4.78 is 13.3. The molecule has 0 saturated heterocycles. The molecule has 0 unspecified atom stereocenters. The van der Waals surface area contributed by atoms with Crippen LogP contribution in [0.15, 0.2) is 41.8 Å². The first-order valence-corrected chi connectivity index (χ1v) is 11.1. The topological polar surface area (TPSA) is 40.6 Å². The number of carbonyl (C=O) groups excluding carboxylic acids is 2. The summed E-state index contributed by atoms with van der Waals surface area (Å²) in [7, 11) is 0. The first-order chi connectivity index (χ1) is 13.9. The van der Waals surface area contributed by atoms with Crippen LogP contribution in [-0.2, 0) is 22.7 Å². The van der Waals surface area contributed by atoms with E-state index in [0.29, 0.717) is 25.6 Å². The second-order valence-electron chi connectivity index (χ2n) is 8.20. The Hall–Kier alpha value is -2.21. The van der Waals surface area contributed by atoms with Gasteiger partial charge in [0.15, 0.2) is 0 Å². The molecule has 0 N–H and O–H groups in total. The first-order valence-electron chi connectivity index (χ1n) is 10.3. The molecule has 3 rings (SSSR count). The Bertz CT molecular complexity index is 801. The summed E-state index contributed by atoms with van der Waals surface area (Å²) in [5, 5.41) is 1.99. The monoisotopic (exact) mass is 416 g/mol. The van der Waals surface area contributed by atoms with E-state index in [1.54, 1.807) is 33.3 Å². The lowest BCUT2D eigenvalue weighted by atomic mass is 9.84. The molecule has 1 aliphatic rings. The molecule has 4 nitrogen and oxygen atoms in total. The highest BCUT2D eigenvalue weighted by atomic mass is 32.1. The van der Waals surface area contributed by atoms with Crippen LogP contribution in [-0.4, -0.2) is 34.7 Å². The number of thiophene rings is 1. The largest absolute Gasteiger partial charge is 0.333 e. The van der Waals surface area contributed by atoms with Gasteiger partial charge in [0, 0.05) is 23.9 Å². The lowest BCUT2D eigenvalue weighted by molar-refractivity contribution is -0.145. The summed E-state index contributed by atoms with van der Waals surface area (Å²) >= 11 is 1.60. The zero-order chi connectivity index (χ0) is 20.8. The number of benzene rings is 1. The Morgan fingerprint density at radius 3 is 2.38 bits per heavy atom. The van der Waals surface area contributed by atoms with Crippen molar-refractivity contribution in [1.29, 1.82) is 0 Å². The van der Waals surface area contributed by atoms with Crippen molar-refractivity contribution in [2.75, 3.05) is 13.1 Å². The quantitative estimate of drug-likeness (QED) is 0.594. The molecule has 1 aromatic carbocycles. The molecule has 0 atom stereocenters. The van der Waals surface area contributed by atoms with Gasteiger partial charge in [0.25, 0.3) is 0 Å². The summed E-state index contributed by atoms with van der Waals surface area (Å²) in [5.41, 5.74) is 0.872. The molecule has 0 spiro atoms. The van der Waals surface area contributed by atoms with Gasteiger partial charge in [-0.3, -0.25) is 9.59 Å². The lowest BCUT2D eigenvalue weighted by Gasteiger charge is -2.34. The number of rotatable bonds is 9. The van der Waals surface area contributed by atoms with Crippen molar-refractivity contribution >= 4 is 23.2 Å². The second-order valence-corrected chi connectivity index (χ2v) is 9.23. The molecule has 1 saturated carbocycles. The van der Waals surface area contributed by atoms with Crippen molar-refractivity contribution in [3.63, 3.8) is 0 Å². The SMILES string of the molecule is CC(C)CN(CC(=O)N(Cc1ccc(F)cc1)Cc1cccs1)C(=O)C1CCC1. The Balaban J connectivity index is 1.73. The minimum Gasteiger partial charge on any atom is -0.333 e. The van der Waals surface area contributed by atoms with E-state index >= 15 is 0 Å². The summed E-state index contributed by atoms with van der Waals surface area (Å²) in [6.07, 6.45) is 2.95. The van der Waals surface area contributed by atoms with E-state index in [2.05, 4.69) is 13.8 Å². The van der Waals surface area contributed by atoms with E-state index in [9.17, 15) is 14.0 Å². The molecule has 1 heterocycles. The van der Waals surface area contributed by atoms with E-state index < -0.39 is 0 Å². The van der Waals surface area contributed by atoms with Crippen LogP contribution in [0.5, 0.6) is 0 Å². The van der Waals surface area contributed by atoms with Crippen molar-refractivity contribution in [3.05, 3.63) is 58.0 Å². The van der Waals surface area contributed by atoms with E-state index in [1.165, 1.54) is 12.1 Å². The average Bonchev–Trinajstić information content (AvgIpc) is 3.13. The summed E-state index contributed by atoms with van der Waals surface area (Å²) in [5.74, 6) is 0.116. The summed E-state index contributed by atoms with van der Waals surface area (Å²) in [6, 6.07) is 10.2. The molecule has 0 bridgehead atoms. The minimum absolute atomic E-state index is 0.0731. The van der Waals surface area contributed by atoms with Crippen LogP contribution in [0.4, 0.5) is 4.39 Å². The van der Waals surface area contributed by atoms with Crippen LogP contribution in [0.1, 0.15) is 43.6 Å². The smallest absolute Gasteiger partial charge is 0.242 e. The highest BCUT2D eigenvalue weighted by molar-refractivity contribution is 7.09. The number of halogens is 1. The highest BCUT2D eigenvalue weighted by Gasteiger charge is 2.31. The zero-order valence-corrected chi connectivity index (χ0v) is 18.0. The molecular formula is C23H29FN2O2S. The molecule has 1 aromatic heterocycles. The van der Waals surface area contributed by atoms with Gasteiger partial charge in [-0.1, -0.05) is 38.5 Å². The van der Waals surface area contributed by atoms with Gasteiger partial charge in [-0.25, -0.2) is 4.39 Å². The van der Waals surface area contributed by atoms with E-state index in [-0.39, 0.29) is 30.1 Å². The summed E-state index contributed by atoms with van der Waals surface area (Å²) in [6.45, 7) is 5.69. The van der Waals surface area contributed by atoms with Gasteiger partial charge in [-0.15, -0.1) is 11.3 Å². The molecule has 29 heavy (non-hydrogen) atoms. The van der Waals surface area contributed by atoms with Crippen molar-refractivity contribution in [2.24, 2.45) is 11.8 Å². The van der Waals surface area contributed by atoms with E-state index in [0.717, 1.165) is 29.7 Å². The van der Waals surface area contributed by atoms with Crippen molar-refractivity contribution < 1.29 is 14.0 Å². The van der Waals surface area contributed by atoms with Crippen LogP contribution in [0, 0.1) is 17.7 Å². The molecule has 0 radical (unpaired) electrons. The first kappa shape index (κ1) is 21.5. The lowest BCUT2D eigenvalue weighted by Crippen LogP contribution is -2.47. The highest BCUT2D eigenvalue weighted by Crippen LogP contribution is 2.28. The van der Waals surface area contributed by atoms with Crippen LogP contribution in [0.25, 0.3) is 0 Å². The van der Waals surface area contributed by atoms with Crippen LogP contribution >= 0.6 is 11.3 Å². The molecule has 1 fully saturated rings. The number of nitrogens with zero attached hydrogens (tertiary/aromatic N) is 2. The number of hydrogen-bond acceptors (Lipinski definition) is 3. The molecular weight excluding hydrogens is 387 g/mol. The van der Waals surface area contributed by atoms with E-state index in [1.807, 2.05) is 17.5 Å². The maximum absolute atomic E-state index is 13.3. The number of hydrogen-bond donors (Lipinski definition) is 0. The molecule has 6 heteroatoms. The molecule has 0 aliphatic heterocycles. The molecule has 156 valence electrons. The number of carbonyl (C=O) groups is 2. The fraction of sp³-hybridized carbons (Fsp3) is 0.478. The molecule has 2 aromatic rings. The second kappa shape index (κ2) is 10.0. The van der Waals surface area contributed by atoms with Gasteiger partial charge in [0.05, 0.1) is 13.1 Å². The Labute approximate surface area is 176 Å². The van der Waals surface area contributed by atoms with Gasteiger partial charge in [-0.2, -0.15) is 0 Å². The fourth-order valence-electron chi connectivity index (χ4n) is 3.48. The average molecular weight is 417 g/mol. The van der Waals surface area contributed by atoms with Gasteiger partial charge >= 0.3 is 0 Å². The zero-order valence-electron chi connectivity index (χ0n) is 17.1. The molecule has 2 amide bonds. The van der Waals surface area contributed by atoms with Crippen LogP contribution < -0.4 is 0 Å². The standard InChI is InChI=1S/C23H29FN2O2S/c1-17(2)13-26(23(28)19-5-3-6-19)16-22(27)25(15-21-7-4-12-29-21)14-18-8-10-20(24)11-9-18/h4,7-12,17,19H,3,5-6,13-16H2,1-2H3. The van der Waals surface area contributed by atoms with Crippen LogP contribution in [0.2, 0.25) is 0 Å². The van der Waals surface area contributed by atoms with Gasteiger partial charge < -0.3 is 9.80 Å². The third kappa shape index (κ3) is 6.13. The maximum atomic E-state index is 13.3. The Kier molecular flexibility index (Phi) is 7.42. The van der Waals surface area contributed by atoms with Crippen LogP contribution in [0.3, 0.4) is 0 Å². The third-order valence-corrected chi connectivity index (χ3v) is 6.11. The van der Waals surface area contributed by atoms with Crippen molar-refractivity contribution in [2.45, 2.75) is 46.2 Å². The summed E-state index contributed by atoms with van der Waals surface area (Å²) in [4.78, 5) is 30.7. The predicted molar refractivity (Wildman–Crippen MR) is 114 cm³/mol. The Morgan fingerprint density at radius 1 is 1.10 bits per heavy atom. The predicted octanol–water partition coefficient (Wildman–Crippen LogP) is 4.70.